The molecule has 3 aromatic rings. The highest BCUT2D eigenvalue weighted by molar-refractivity contribution is 7.89. The zero-order chi connectivity index (χ0) is 20.4. The molecule has 0 unspecified atom stereocenters. The number of piperidine rings is 1. The second kappa shape index (κ2) is 7.93. The first-order chi connectivity index (χ1) is 13.9. The van der Waals surface area contributed by atoms with Crippen molar-refractivity contribution < 1.29 is 13.2 Å². The molecule has 0 aliphatic carbocycles. The Balaban J connectivity index is 1.54. The van der Waals surface area contributed by atoms with Gasteiger partial charge in [0.1, 0.15) is 0 Å². The highest BCUT2D eigenvalue weighted by Crippen LogP contribution is 2.24. The van der Waals surface area contributed by atoms with E-state index < -0.39 is 10.0 Å². The van der Waals surface area contributed by atoms with Crippen LogP contribution in [0.4, 0.5) is 5.69 Å². The summed E-state index contributed by atoms with van der Waals surface area (Å²) < 4.78 is 27.0. The number of sulfonamides is 1. The minimum absolute atomic E-state index is 0.223. The van der Waals surface area contributed by atoms with Crippen molar-refractivity contribution in [3.05, 3.63) is 65.9 Å². The number of nitrogens with one attached hydrogen (secondary N) is 1. The van der Waals surface area contributed by atoms with Gasteiger partial charge in [-0.15, -0.1) is 0 Å². The Morgan fingerprint density at radius 2 is 1.69 bits per heavy atom. The minimum atomic E-state index is -3.50. The van der Waals surface area contributed by atoms with Crippen molar-refractivity contribution in [1.82, 2.24) is 9.29 Å². The molecule has 150 valence electrons. The van der Waals surface area contributed by atoms with Crippen LogP contribution in [0.15, 0.2) is 59.5 Å². The van der Waals surface area contributed by atoms with E-state index in [0.29, 0.717) is 24.3 Å². The summed E-state index contributed by atoms with van der Waals surface area (Å²) in [5.41, 5.74) is 2.79. The monoisotopic (exact) mass is 409 g/mol. The van der Waals surface area contributed by atoms with Gasteiger partial charge in [-0.2, -0.15) is 4.31 Å². The van der Waals surface area contributed by atoms with Crippen LogP contribution in [0.25, 0.3) is 10.9 Å². The molecule has 6 nitrogen and oxygen atoms in total. The smallest absolute Gasteiger partial charge is 0.255 e. The van der Waals surface area contributed by atoms with Gasteiger partial charge in [-0.05, 0) is 68.3 Å². The molecule has 1 amide bonds. The molecule has 2 heterocycles. The van der Waals surface area contributed by atoms with Crippen LogP contribution in [0.5, 0.6) is 0 Å². The van der Waals surface area contributed by atoms with Crippen molar-refractivity contribution in [3.63, 3.8) is 0 Å². The van der Waals surface area contributed by atoms with Gasteiger partial charge in [-0.25, -0.2) is 8.42 Å². The number of hydrogen-bond donors (Lipinski definition) is 1. The topological polar surface area (TPSA) is 79.4 Å². The predicted molar refractivity (Wildman–Crippen MR) is 113 cm³/mol. The number of anilines is 1. The van der Waals surface area contributed by atoms with Crippen LogP contribution in [0.3, 0.4) is 0 Å². The molecule has 1 fully saturated rings. The van der Waals surface area contributed by atoms with Crippen molar-refractivity contribution in [3.8, 4) is 0 Å². The quantitative estimate of drug-likeness (QED) is 0.707. The number of aromatic nitrogens is 1. The lowest BCUT2D eigenvalue weighted by molar-refractivity contribution is 0.102. The number of aryl methyl sites for hydroxylation is 1. The molecular weight excluding hydrogens is 386 g/mol. The number of pyridine rings is 1. The summed E-state index contributed by atoms with van der Waals surface area (Å²) in [5, 5.41) is 3.76. The molecule has 1 N–H and O–H groups in total. The zero-order valence-electron chi connectivity index (χ0n) is 16.3. The molecule has 0 spiro atoms. The SMILES string of the molecule is Cc1ccc2c(NC(=O)c3ccc(S(=O)(=O)N4CCCCC4)cc3)cccc2n1. The average Bonchev–Trinajstić information content (AvgIpc) is 2.74. The van der Waals surface area contributed by atoms with Crippen molar-refractivity contribution in [2.45, 2.75) is 31.1 Å². The fourth-order valence-electron chi connectivity index (χ4n) is 3.59. The van der Waals surface area contributed by atoms with Crippen molar-refractivity contribution in [1.29, 1.82) is 0 Å². The van der Waals surface area contributed by atoms with Gasteiger partial charge >= 0.3 is 0 Å². The number of benzene rings is 2. The first-order valence-corrected chi connectivity index (χ1v) is 11.2. The lowest BCUT2D eigenvalue weighted by Gasteiger charge is -2.25. The highest BCUT2D eigenvalue weighted by Gasteiger charge is 2.26. The number of carbonyl (C=O) groups is 1. The molecule has 0 saturated carbocycles. The summed E-state index contributed by atoms with van der Waals surface area (Å²) in [6.45, 7) is 3.03. The Labute approximate surface area is 170 Å². The number of hydrogen-bond acceptors (Lipinski definition) is 4. The number of amides is 1. The van der Waals surface area contributed by atoms with E-state index in [0.717, 1.165) is 35.9 Å². The van der Waals surface area contributed by atoms with E-state index in [1.165, 1.54) is 16.4 Å². The van der Waals surface area contributed by atoms with Crippen molar-refractivity contribution in [2.75, 3.05) is 18.4 Å². The van der Waals surface area contributed by atoms with Crippen LogP contribution in [0.2, 0.25) is 0 Å². The average molecular weight is 410 g/mol. The minimum Gasteiger partial charge on any atom is -0.321 e. The van der Waals surface area contributed by atoms with Gasteiger partial charge in [-0.3, -0.25) is 9.78 Å². The lowest BCUT2D eigenvalue weighted by atomic mass is 10.1. The zero-order valence-corrected chi connectivity index (χ0v) is 17.1. The van der Waals surface area contributed by atoms with Gasteiger partial charge < -0.3 is 5.32 Å². The standard InChI is InChI=1S/C22H23N3O3S/c1-16-8-13-19-20(23-16)6-5-7-21(19)24-22(26)17-9-11-18(12-10-17)29(27,28)25-14-3-2-4-15-25/h5-13H,2-4,14-15H2,1H3,(H,24,26). The molecule has 0 atom stereocenters. The van der Waals surface area contributed by atoms with Gasteiger partial charge in [0.15, 0.2) is 0 Å². The number of nitrogens with zero attached hydrogens (tertiary/aromatic N) is 2. The molecule has 1 saturated heterocycles. The largest absolute Gasteiger partial charge is 0.321 e. The van der Waals surface area contributed by atoms with E-state index in [4.69, 9.17) is 0 Å². The molecule has 29 heavy (non-hydrogen) atoms. The molecule has 0 radical (unpaired) electrons. The molecule has 4 rings (SSSR count). The number of fused-ring (bicyclic) bond motifs is 1. The fraction of sp³-hybridized carbons (Fsp3) is 0.273. The Morgan fingerprint density at radius 3 is 2.41 bits per heavy atom. The predicted octanol–water partition coefficient (Wildman–Crippen LogP) is 3.97. The summed E-state index contributed by atoms with van der Waals surface area (Å²) in [6.07, 6.45) is 2.84. The van der Waals surface area contributed by atoms with Crippen LogP contribution in [0, 0.1) is 6.92 Å². The van der Waals surface area contributed by atoms with Crippen molar-refractivity contribution in [2.24, 2.45) is 0 Å². The van der Waals surface area contributed by atoms with Gasteiger partial charge in [-0.1, -0.05) is 12.5 Å². The Bertz CT molecular complexity index is 1150. The third-order valence-corrected chi connectivity index (χ3v) is 7.10. The Kier molecular flexibility index (Phi) is 5.34. The Morgan fingerprint density at radius 1 is 0.966 bits per heavy atom. The van der Waals surface area contributed by atoms with E-state index in [9.17, 15) is 13.2 Å². The van der Waals surface area contributed by atoms with Crippen LogP contribution in [-0.4, -0.2) is 36.7 Å². The summed E-state index contributed by atoms with van der Waals surface area (Å²) in [4.78, 5) is 17.4. The van der Waals surface area contributed by atoms with Crippen LogP contribution < -0.4 is 5.32 Å². The van der Waals surface area contributed by atoms with Gasteiger partial charge in [0.25, 0.3) is 5.91 Å². The van der Waals surface area contributed by atoms with Gasteiger partial charge in [0.2, 0.25) is 10.0 Å². The normalized spacial score (nSPS) is 15.3. The van der Waals surface area contributed by atoms with Crippen LogP contribution in [-0.2, 0) is 10.0 Å². The first-order valence-electron chi connectivity index (χ1n) is 9.73. The maximum absolute atomic E-state index is 12.8. The number of carbonyl (C=O) groups excluding carboxylic acids is 1. The van der Waals surface area contributed by atoms with Crippen LogP contribution in [0.1, 0.15) is 35.3 Å². The van der Waals surface area contributed by atoms with E-state index >= 15 is 0 Å². The highest BCUT2D eigenvalue weighted by atomic mass is 32.2. The second-order valence-corrected chi connectivity index (χ2v) is 9.21. The third-order valence-electron chi connectivity index (χ3n) is 5.19. The molecule has 0 bridgehead atoms. The third kappa shape index (κ3) is 4.02. The molecule has 7 heteroatoms. The Hall–Kier alpha value is -2.77. The van der Waals surface area contributed by atoms with E-state index in [1.54, 1.807) is 12.1 Å². The van der Waals surface area contributed by atoms with Gasteiger partial charge in [0, 0.05) is 29.7 Å². The van der Waals surface area contributed by atoms with E-state index in [2.05, 4.69) is 10.3 Å². The summed E-state index contributed by atoms with van der Waals surface area (Å²) in [7, 11) is -3.50. The first kappa shape index (κ1) is 19.5. The molecule has 1 aliphatic rings. The van der Waals surface area contributed by atoms with E-state index in [-0.39, 0.29) is 10.8 Å². The molecule has 2 aromatic carbocycles. The fourth-order valence-corrected chi connectivity index (χ4v) is 5.11. The number of rotatable bonds is 4. The van der Waals surface area contributed by atoms with Crippen molar-refractivity contribution >= 4 is 32.5 Å². The maximum Gasteiger partial charge on any atom is 0.255 e. The lowest BCUT2D eigenvalue weighted by Crippen LogP contribution is -2.35. The summed E-state index contributed by atoms with van der Waals surface area (Å²) in [5.74, 6) is -0.292. The summed E-state index contributed by atoms with van der Waals surface area (Å²) >= 11 is 0. The van der Waals surface area contributed by atoms with Crippen LogP contribution >= 0.6 is 0 Å². The second-order valence-electron chi connectivity index (χ2n) is 7.27. The maximum atomic E-state index is 12.8. The summed E-state index contributed by atoms with van der Waals surface area (Å²) in [6, 6.07) is 15.5. The molecular formula is C22H23N3O3S. The molecule has 1 aliphatic heterocycles. The van der Waals surface area contributed by atoms with Gasteiger partial charge in [0.05, 0.1) is 16.1 Å². The molecule has 1 aromatic heterocycles. The van der Waals surface area contributed by atoms with E-state index in [1.807, 2.05) is 37.3 Å².